The van der Waals surface area contributed by atoms with E-state index in [4.69, 9.17) is 0 Å². The minimum absolute atomic E-state index is 0.181. The summed E-state index contributed by atoms with van der Waals surface area (Å²) in [6.45, 7) is 5.45. The first-order chi connectivity index (χ1) is 15.3. The Morgan fingerprint density at radius 1 is 1.03 bits per heavy atom. The molecule has 3 atom stereocenters. The summed E-state index contributed by atoms with van der Waals surface area (Å²) in [5.74, 6) is -1.18. The number of amides is 3. The van der Waals surface area contributed by atoms with E-state index in [1.54, 1.807) is 14.0 Å². The summed E-state index contributed by atoms with van der Waals surface area (Å²) in [5.41, 5.74) is 2.99. The van der Waals surface area contributed by atoms with E-state index in [1.807, 2.05) is 68.4 Å². The van der Waals surface area contributed by atoms with E-state index in [1.165, 1.54) is 4.90 Å². The second-order valence-corrected chi connectivity index (χ2v) is 8.09. The Labute approximate surface area is 188 Å². The van der Waals surface area contributed by atoms with Crippen molar-refractivity contribution in [3.63, 3.8) is 0 Å². The zero-order chi connectivity index (χ0) is 23.3. The third-order valence-corrected chi connectivity index (χ3v) is 5.59. The zero-order valence-corrected chi connectivity index (χ0v) is 19.0. The number of hydrogen-bond donors (Lipinski definition) is 2. The molecule has 3 amide bonds. The van der Waals surface area contributed by atoms with Crippen LogP contribution in [0.5, 0.6) is 0 Å². The van der Waals surface area contributed by atoms with Crippen LogP contribution in [0.4, 0.5) is 5.69 Å². The monoisotopic (exact) mass is 434 g/mol. The van der Waals surface area contributed by atoms with Gasteiger partial charge in [-0.3, -0.25) is 14.4 Å². The molecule has 168 valence electrons. The Balaban J connectivity index is 1.88. The van der Waals surface area contributed by atoms with Crippen LogP contribution in [-0.2, 0) is 14.4 Å². The van der Waals surface area contributed by atoms with Gasteiger partial charge in [-0.1, -0.05) is 68.8 Å². The van der Waals surface area contributed by atoms with Crippen molar-refractivity contribution in [1.82, 2.24) is 10.6 Å². The van der Waals surface area contributed by atoms with Gasteiger partial charge in [0.25, 0.3) is 5.91 Å². The Hall–Kier alpha value is -3.48. The summed E-state index contributed by atoms with van der Waals surface area (Å²) in [6.07, 6.45) is 0.521. The van der Waals surface area contributed by atoms with Crippen molar-refractivity contribution in [3.05, 3.63) is 65.7 Å². The Kier molecular flexibility index (Phi) is 7.41. The standard InChI is InChI=1S/C25H30N4O3/c1-5-11-16(2)23(30)26-17(3)24(31)28-22-25(32)29(4)20-15-10-9-14-19(20)21(27-22)18-12-7-6-8-13-18/h6-10,12-17,22H,5,11H2,1-4H3,(H,26,30)(H,28,31)/t16?,17-,22+/m0/s1. The number of benzodiazepines with no additional fused rings is 1. The molecular weight excluding hydrogens is 404 g/mol. The molecule has 0 fully saturated rings. The minimum atomic E-state index is -1.11. The molecule has 2 N–H and O–H groups in total. The molecule has 1 aliphatic heterocycles. The third-order valence-electron chi connectivity index (χ3n) is 5.59. The van der Waals surface area contributed by atoms with Gasteiger partial charge >= 0.3 is 0 Å². The number of nitrogens with one attached hydrogen (secondary N) is 2. The summed E-state index contributed by atoms with van der Waals surface area (Å²) in [6, 6.07) is 16.3. The highest BCUT2D eigenvalue weighted by Crippen LogP contribution is 2.27. The van der Waals surface area contributed by atoms with Crippen LogP contribution in [0.15, 0.2) is 59.6 Å². The molecule has 1 heterocycles. The SMILES string of the molecule is CCCC(C)C(=O)N[C@@H](C)C(=O)N[C@H]1N=C(c2ccccc2)c2ccccc2N(C)C1=O. The first kappa shape index (κ1) is 23.2. The van der Waals surface area contributed by atoms with E-state index in [9.17, 15) is 14.4 Å². The van der Waals surface area contributed by atoms with Crippen molar-refractivity contribution in [1.29, 1.82) is 0 Å². The molecule has 1 unspecified atom stereocenters. The van der Waals surface area contributed by atoms with E-state index in [-0.39, 0.29) is 17.7 Å². The molecular formula is C25H30N4O3. The molecule has 1 aliphatic rings. The second kappa shape index (κ2) is 10.2. The second-order valence-electron chi connectivity index (χ2n) is 8.09. The van der Waals surface area contributed by atoms with Gasteiger partial charge in [-0.15, -0.1) is 0 Å². The van der Waals surface area contributed by atoms with Crippen LogP contribution in [-0.4, -0.2) is 42.7 Å². The van der Waals surface area contributed by atoms with Crippen LogP contribution in [0, 0.1) is 5.92 Å². The molecule has 0 saturated heterocycles. The average Bonchev–Trinajstić information content (AvgIpc) is 2.90. The maximum Gasteiger partial charge on any atom is 0.272 e. The molecule has 0 saturated carbocycles. The van der Waals surface area contributed by atoms with Crippen LogP contribution in [0.25, 0.3) is 0 Å². The van der Waals surface area contributed by atoms with Gasteiger partial charge < -0.3 is 15.5 Å². The summed E-state index contributed by atoms with van der Waals surface area (Å²) in [5, 5.41) is 5.45. The highest BCUT2D eigenvalue weighted by molar-refractivity contribution is 6.20. The largest absolute Gasteiger partial charge is 0.344 e. The predicted molar refractivity (Wildman–Crippen MR) is 126 cm³/mol. The molecule has 32 heavy (non-hydrogen) atoms. The van der Waals surface area contributed by atoms with Crippen molar-refractivity contribution in [2.75, 3.05) is 11.9 Å². The van der Waals surface area contributed by atoms with E-state index in [0.717, 1.165) is 24.0 Å². The molecule has 7 nitrogen and oxygen atoms in total. The molecule has 0 bridgehead atoms. The van der Waals surface area contributed by atoms with Crippen molar-refractivity contribution in [2.45, 2.75) is 45.8 Å². The highest BCUT2D eigenvalue weighted by atomic mass is 16.2. The number of rotatable bonds is 7. The van der Waals surface area contributed by atoms with Gasteiger partial charge in [0, 0.05) is 24.1 Å². The van der Waals surface area contributed by atoms with Gasteiger partial charge in [0.2, 0.25) is 18.0 Å². The van der Waals surface area contributed by atoms with Crippen LogP contribution >= 0.6 is 0 Å². The number of nitrogens with zero attached hydrogens (tertiary/aromatic N) is 2. The number of fused-ring (bicyclic) bond motifs is 1. The maximum atomic E-state index is 13.2. The lowest BCUT2D eigenvalue weighted by Crippen LogP contribution is -2.52. The number of aliphatic imine (C=N–C) groups is 1. The van der Waals surface area contributed by atoms with Crippen molar-refractivity contribution in [3.8, 4) is 0 Å². The lowest BCUT2D eigenvalue weighted by atomic mass is 10.0. The van der Waals surface area contributed by atoms with Crippen molar-refractivity contribution < 1.29 is 14.4 Å². The van der Waals surface area contributed by atoms with E-state index >= 15 is 0 Å². The minimum Gasteiger partial charge on any atom is -0.344 e. The maximum absolute atomic E-state index is 13.2. The van der Waals surface area contributed by atoms with Crippen LogP contribution in [0.3, 0.4) is 0 Å². The zero-order valence-electron chi connectivity index (χ0n) is 19.0. The number of carbonyl (C=O) groups is 3. The Bertz CT molecular complexity index is 1020. The molecule has 2 aromatic rings. The van der Waals surface area contributed by atoms with Crippen molar-refractivity contribution in [2.24, 2.45) is 10.9 Å². The Morgan fingerprint density at radius 3 is 2.38 bits per heavy atom. The quantitative estimate of drug-likeness (QED) is 0.702. The first-order valence-electron chi connectivity index (χ1n) is 10.9. The molecule has 7 heteroatoms. The molecule has 0 radical (unpaired) electrons. The number of anilines is 1. The number of para-hydroxylation sites is 1. The molecule has 2 aromatic carbocycles. The number of hydrogen-bond acceptors (Lipinski definition) is 4. The fraction of sp³-hybridized carbons (Fsp3) is 0.360. The van der Waals surface area contributed by atoms with Crippen molar-refractivity contribution >= 4 is 29.1 Å². The van der Waals surface area contributed by atoms with E-state index < -0.39 is 18.1 Å². The summed E-state index contributed by atoms with van der Waals surface area (Å²) in [7, 11) is 1.67. The molecule has 0 aromatic heterocycles. The highest BCUT2D eigenvalue weighted by Gasteiger charge is 2.32. The lowest BCUT2D eigenvalue weighted by Gasteiger charge is -2.22. The molecule has 0 spiro atoms. The van der Waals surface area contributed by atoms with E-state index in [0.29, 0.717) is 11.4 Å². The van der Waals surface area contributed by atoms with Gasteiger partial charge in [0.05, 0.1) is 11.4 Å². The lowest BCUT2D eigenvalue weighted by molar-refractivity contribution is -0.132. The van der Waals surface area contributed by atoms with Gasteiger partial charge in [-0.05, 0) is 19.4 Å². The van der Waals surface area contributed by atoms with Crippen LogP contribution < -0.4 is 15.5 Å². The summed E-state index contributed by atoms with van der Waals surface area (Å²) in [4.78, 5) is 44.5. The van der Waals surface area contributed by atoms with Gasteiger partial charge in [-0.2, -0.15) is 0 Å². The number of carbonyl (C=O) groups excluding carboxylic acids is 3. The summed E-state index contributed by atoms with van der Waals surface area (Å²) >= 11 is 0. The van der Waals surface area contributed by atoms with Gasteiger partial charge in [0.15, 0.2) is 0 Å². The average molecular weight is 435 g/mol. The predicted octanol–water partition coefficient (Wildman–Crippen LogP) is 2.88. The molecule has 0 aliphatic carbocycles. The first-order valence-corrected chi connectivity index (χ1v) is 10.9. The fourth-order valence-electron chi connectivity index (χ4n) is 3.69. The number of benzene rings is 2. The van der Waals surface area contributed by atoms with Gasteiger partial charge in [0.1, 0.15) is 6.04 Å². The smallest absolute Gasteiger partial charge is 0.272 e. The van der Waals surface area contributed by atoms with Crippen LogP contribution in [0.1, 0.15) is 44.7 Å². The third kappa shape index (κ3) is 5.04. The normalized spacial score (nSPS) is 17.5. The summed E-state index contributed by atoms with van der Waals surface area (Å²) < 4.78 is 0. The fourth-order valence-corrected chi connectivity index (χ4v) is 3.69. The topological polar surface area (TPSA) is 90.9 Å². The molecule has 3 rings (SSSR count). The number of likely N-dealkylation sites (N-methyl/N-ethyl adjacent to an activating group) is 1. The van der Waals surface area contributed by atoms with Gasteiger partial charge in [-0.25, -0.2) is 4.99 Å². The Morgan fingerprint density at radius 2 is 1.69 bits per heavy atom. The van der Waals surface area contributed by atoms with E-state index in [2.05, 4.69) is 15.6 Å². The van der Waals surface area contributed by atoms with Crippen LogP contribution in [0.2, 0.25) is 0 Å².